The van der Waals surface area contributed by atoms with Crippen LogP contribution in [-0.4, -0.2) is 27.5 Å². The van der Waals surface area contributed by atoms with Gasteiger partial charge in [0, 0.05) is 0 Å². The molecule has 0 unspecified atom stereocenters. The summed E-state index contributed by atoms with van der Waals surface area (Å²) in [4.78, 5) is 11.2. The molecule has 0 aliphatic rings. The molecule has 1 aromatic rings. The van der Waals surface area contributed by atoms with E-state index >= 15 is 0 Å². The van der Waals surface area contributed by atoms with Gasteiger partial charge in [-0.25, -0.2) is 8.42 Å². The molecular weight excluding hydrogens is 230 g/mol. The molecule has 0 bridgehead atoms. The topological polar surface area (TPSA) is 72.5 Å². The summed E-state index contributed by atoms with van der Waals surface area (Å²) in [5, 5.41) is 0. The fraction of sp³-hybridized carbons (Fsp3) is 0.300. The van der Waals surface area contributed by atoms with Crippen LogP contribution in [0, 0.1) is 0 Å². The lowest BCUT2D eigenvalue weighted by Gasteiger charge is -2.11. The van der Waals surface area contributed by atoms with Crippen LogP contribution in [0.1, 0.15) is 6.92 Å². The number of hydrogen-bond acceptors (Lipinski definition) is 4. The van der Waals surface area contributed by atoms with E-state index in [1.165, 1.54) is 26.2 Å². The molecule has 0 aromatic heterocycles. The maximum absolute atomic E-state index is 11.7. The normalized spacial score (nSPS) is 13.1. The van der Waals surface area contributed by atoms with Crippen molar-refractivity contribution in [2.75, 3.05) is 7.11 Å². The first-order chi connectivity index (χ1) is 7.47. The van der Waals surface area contributed by atoms with Crippen molar-refractivity contribution in [2.45, 2.75) is 17.9 Å². The Balaban J connectivity index is 2.85. The van der Waals surface area contributed by atoms with Crippen LogP contribution >= 0.6 is 0 Å². The Labute approximate surface area is 94.5 Å². The number of sulfonamides is 1. The molecule has 0 saturated heterocycles. The van der Waals surface area contributed by atoms with Gasteiger partial charge in [-0.05, 0) is 19.1 Å². The number of carbonyl (C=O) groups excluding carboxylic acids is 1. The van der Waals surface area contributed by atoms with Gasteiger partial charge in [-0.15, -0.1) is 0 Å². The van der Waals surface area contributed by atoms with Crippen molar-refractivity contribution in [2.24, 2.45) is 0 Å². The highest BCUT2D eigenvalue weighted by Gasteiger charge is 2.21. The lowest BCUT2D eigenvalue weighted by Crippen LogP contribution is -2.39. The molecular formula is C10H13NO4S. The number of carbonyl (C=O) groups is 1. The summed E-state index contributed by atoms with van der Waals surface area (Å²) in [6.07, 6.45) is 0. The van der Waals surface area contributed by atoms with E-state index in [-0.39, 0.29) is 4.90 Å². The Hall–Kier alpha value is -1.40. The average molecular weight is 243 g/mol. The summed E-state index contributed by atoms with van der Waals surface area (Å²) >= 11 is 0. The monoisotopic (exact) mass is 243 g/mol. The summed E-state index contributed by atoms with van der Waals surface area (Å²) in [6, 6.07) is 6.92. The minimum absolute atomic E-state index is 0.116. The van der Waals surface area contributed by atoms with E-state index in [0.29, 0.717) is 0 Å². The summed E-state index contributed by atoms with van der Waals surface area (Å²) in [7, 11) is -2.46. The Kier molecular flexibility index (Phi) is 4.03. The summed E-state index contributed by atoms with van der Waals surface area (Å²) in [5.41, 5.74) is 0. The predicted molar refractivity (Wildman–Crippen MR) is 58.2 cm³/mol. The zero-order valence-electron chi connectivity index (χ0n) is 9.01. The first-order valence-electron chi connectivity index (χ1n) is 4.62. The number of nitrogens with one attached hydrogen (secondary N) is 1. The molecule has 1 rings (SSSR count). The first-order valence-corrected chi connectivity index (χ1v) is 6.11. The quantitative estimate of drug-likeness (QED) is 0.783. The molecule has 5 nitrogen and oxygen atoms in total. The van der Waals surface area contributed by atoms with Crippen molar-refractivity contribution in [3.05, 3.63) is 30.3 Å². The number of benzene rings is 1. The molecule has 0 fully saturated rings. The van der Waals surface area contributed by atoms with E-state index in [4.69, 9.17) is 0 Å². The predicted octanol–water partition coefficient (Wildman–Crippen LogP) is 0.526. The Morgan fingerprint density at radius 3 is 2.38 bits per heavy atom. The van der Waals surface area contributed by atoms with Crippen LogP contribution in [0.15, 0.2) is 35.2 Å². The van der Waals surface area contributed by atoms with Gasteiger partial charge in [-0.3, -0.25) is 4.79 Å². The van der Waals surface area contributed by atoms with Crippen molar-refractivity contribution in [3.8, 4) is 0 Å². The van der Waals surface area contributed by atoms with Gasteiger partial charge in [0.1, 0.15) is 6.04 Å². The highest BCUT2D eigenvalue weighted by molar-refractivity contribution is 7.89. The minimum atomic E-state index is -3.67. The van der Waals surface area contributed by atoms with Crippen molar-refractivity contribution in [1.82, 2.24) is 4.72 Å². The van der Waals surface area contributed by atoms with Crippen molar-refractivity contribution in [3.63, 3.8) is 0 Å². The van der Waals surface area contributed by atoms with Crippen LogP contribution in [0.3, 0.4) is 0 Å². The van der Waals surface area contributed by atoms with Crippen molar-refractivity contribution in [1.29, 1.82) is 0 Å². The van der Waals surface area contributed by atoms with Crippen LogP contribution in [0.5, 0.6) is 0 Å². The van der Waals surface area contributed by atoms with Crippen LogP contribution in [0.4, 0.5) is 0 Å². The molecule has 0 heterocycles. The van der Waals surface area contributed by atoms with Gasteiger partial charge in [-0.1, -0.05) is 18.2 Å². The molecule has 16 heavy (non-hydrogen) atoms. The molecule has 0 aliphatic carbocycles. The van der Waals surface area contributed by atoms with Crippen LogP contribution in [-0.2, 0) is 19.6 Å². The van der Waals surface area contributed by atoms with Crippen LogP contribution < -0.4 is 4.72 Å². The van der Waals surface area contributed by atoms with Crippen molar-refractivity contribution >= 4 is 16.0 Å². The highest BCUT2D eigenvalue weighted by atomic mass is 32.2. The number of hydrogen-bond donors (Lipinski definition) is 1. The summed E-state index contributed by atoms with van der Waals surface area (Å²) < 4.78 is 30.1. The van der Waals surface area contributed by atoms with Gasteiger partial charge in [0.05, 0.1) is 12.0 Å². The maximum atomic E-state index is 11.7. The molecule has 88 valence electrons. The molecule has 0 radical (unpaired) electrons. The molecule has 0 amide bonds. The maximum Gasteiger partial charge on any atom is 0.323 e. The van der Waals surface area contributed by atoms with E-state index in [0.717, 1.165) is 0 Å². The lowest BCUT2D eigenvalue weighted by atomic mass is 10.4. The molecule has 0 spiro atoms. The third-order valence-electron chi connectivity index (χ3n) is 1.94. The van der Waals surface area contributed by atoms with Gasteiger partial charge in [-0.2, -0.15) is 4.72 Å². The average Bonchev–Trinajstić information content (AvgIpc) is 2.28. The number of methoxy groups -OCH3 is 1. The lowest BCUT2D eigenvalue weighted by molar-refractivity contribution is -0.142. The van der Waals surface area contributed by atoms with E-state index in [9.17, 15) is 13.2 Å². The number of ether oxygens (including phenoxy) is 1. The van der Waals surface area contributed by atoms with Crippen LogP contribution in [0.2, 0.25) is 0 Å². The third-order valence-corrected chi connectivity index (χ3v) is 3.50. The second kappa shape index (κ2) is 5.09. The fourth-order valence-corrected chi connectivity index (χ4v) is 2.34. The molecule has 1 atom stereocenters. The van der Waals surface area contributed by atoms with Crippen LogP contribution in [0.25, 0.3) is 0 Å². The molecule has 6 heteroatoms. The molecule has 1 N–H and O–H groups in total. The summed E-state index contributed by atoms with van der Waals surface area (Å²) in [5.74, 6) is -0.625. The van der Waals surface area contributed by atoms with Crippen molar-refractivity contribution < 1.29 is 17.9 Å². The van der Waals surface area contributed by atoms with Gasteiger partial charge in [0.25, 0.3) is 0 Å². The fourth-order valence-electron chi connectivity index (χ4n) is 1.13. The zero-order chi connectivity index (χ0) is 12.2. The Bertz CT molecular complexity index is 455. The number of esters is 1. The van der Waals surface area contributed by atoms with Gasteiger partial charge in [0.2, 0.25) is 10.0 Å². The first kappa shape index (κ1) is 12.7. The highest BCUT2D eigenvalue weighted by Crippen LogP contribution is 2.08. The van der Waals surface area contributed by atoms with Gasteiger partial charge < -0.3 is 4.74 Å². The Morgan fingerprint density at radius 2 is 1.88 bits per heavy atom. The van der Waals surface area contributed by atoms with E-state index in [1.807, 2.05) is 0 Å². The Morgan fingerprint density at radius 1 is 1.31 bits per heavy atom. The largest absolute Gasteiger partial charge is 0.468 e. The second-order valence-electron chi connectivity index (χ2n) is 3.18. The van der Waals surface area contributed by atoms with E-state index < -0.39 is 22.0 Å². The minimum Gasteiger partial charge on any atom is -0.468 e. The van der Waals surface area contributed by atoms with Gasteiger partial charge >= 0.3 is 5.97 Å². The van der Waals surface area contributed by atoms with E-state index in [1.54, 1.807) is 18.2 Å². The molecule has 0 saturated carbocycles. The SMILES string of the molecule is COC(=O)[C@H](C)NS(=O)(=O)c1ccccc1. The molecule has 1 aromatic carbocycles. The standard InChI is InChI=1S/C10H13NO4S/c1-8(10(12)15-2)11-16(13,14)9-6-4-3-5-7-9/h3-8,11H,1-2H3/t8-/m0/s1. The van der Waals surface area contributed by atoms with E-state index in [2.05, 4.69) is 9.46 Å². The molecule has 0 aliphatic heterocycles. The summed E-state index contributed by atoms with van der Waals surface area (Å²) in [6.45, 7) is 1.42. The second-order valence-corrected chi connectivity index (χ2v) is 4.89. The zero-order valence-corrected chi connectivity index (χ0v) is 9.82. The van der Waals surface area contributed by atoms with Gasteiger partial charge in [0.15, 0.2) is 0 Å². The third kappa shape index (κ3) is 3.04. The smallest absolute Gasteiger partial charge is 0.323 e. The number of rotatable bonds is 4.